The topological polar surface area (TPSA) is 61.9 Å². The number of ether oxygens (including phenoxy) is 1. The van der Waals surface area contributed by atoms with Crippen molar-refractivity contribution in [3.63, 3.8) is 0 Å². The van der Waals surface area contributed by atoms with Gasteiger partial charge in [-0.3, -0.25) is 4.79 Å². The van der Waals surface area contributed by atoms with Crippen LogP contribution in [0.5, 0.6) is 5.75 Å². The van der Waals surface area contributed by atoms with Crippen LogP contribution in [0.15, 0.2) is 24.3 Å². The summed E-state index contributed by atoms with van der Waals surface area (Å²) >= 11 is 0. The first-order chi connectivity index (χ1) is 11.0. The molecule has 3 amide bonds. The maximum atomic E-state index is 12.7. The Balaban J connectivity index is 2.02. The molecule has 0 saturated carbocycles. The molecule has 1 aromatic rings. The summed E-state index contributed by atoms with van der Waals surface area (Å²) in [4.78, 5) is 28.4. The van der Waals surface area contributed by atoms with Crippen molar-refractivity contribution in [2.24, 2.45) is 0 Å². The van der Waals surface area contributed by atoms with Crippen LogP contribution >= 0.6 is 0 Å². The number of methoxy groups -OCH3 is 1. The van der Waals surface area contributed by atoms with Gasteiger partial charge < -0.3 is 19.9 Å². The van der Waals surface area contributed by atoms with Gasteiger partial charge in [-0.1, -0.05) is 12.1 Å². The van der Waals surface area contributed by atoms with Crippen LogP contribution in [0.3, 0.4) is 0 Å². The molecular formula is C17H25N3O3. The third-order valence-corrected chi connectivity index (χ3v) is 3.82. The van der Waals surface area contributed by atoms with Gasteiger partial charge in [0.1, 0.15) is 5.75 Å². The third-order valence-electron chi connectivity index (χ3n) is 3.82. The number of carbonyl (C=O) groups excluding carboxylic acids is 2. The van der Waals surface area contributed by atoms with E-state index in [1.807, 2.05) is 26.0 Å². The minimum Gasteiger partial charge on any atom is -0.496 e. The van der Waals surface area contributed by atoms with Crippen molar-refractivity contribution in [3.05, 3.63) is 29.8 Å². The molecule has 23 heavy (non-hydrogen) atoms. The quantitative estimate of drug-likeness (QED) is 0.926. The lowest BCUT2D eigenvalue weighted by Gasteiger charge is -2.23. The van der Waals surface area contributed by atoms with E-state index in [0.717, 1.165) is 6.42 Å². The van der Waals surface area contributed by atoms with Gasteiger partial charge >= 0.3 is 6.03 Å². The Hall–Kier alpha value is -2.24. The number of nitrogens with zero attached hydrogens (tertiary/aromatic N) is 2. The van der Waals surface area contributed by atoms with Crippen molar-refractivity contribution >= 4 is 11.9 Å². The Morgan fingerprint density at radius 3 is 2.43 bits per heavy atom. The molecule has 1 saturated heterocycles. The first-order valence-corrected chi connectivity index (χ1v) is 8.00. The van der Waals surface area contributed by atoms with E-state index in [2.05, 4.69) is 5.32 Å². The van der Waals surface area contributed by atoms with Crippen molar-refractivity contribution in [2.75, 3.05) is 33.3 Å². The molecule has 1 fully saturated rings. The lowest BCUT2D eigenvalue weighted by Crippen LogP contribution is -2.44. The van der Waals surface area contributed by atoms with Crippen molar-refractivity contribution in [1.82, 2.24) is 15.1 Å². The van der Waals surface area contributed by atoms with Gasteiger partial charge in [-0.15, -0.1) is 0 Å². The predicted molar refractivity (Wildman–Crippen MR) is 88.8 cm³/mol. The fraction of sp³-hybridized carbons (Fsp3) is 0.529. The van der Waals surface area contributed by atoms with E-state index in [0.29, 0.717) is 37.5 Å². The molecular weight excluding hydrogens is 294 g/mol. The largest absolute Gasteiger partial charge is 0.496 e. The number of amides is 3. The number of hydrogen-bond donors (Lipinski definition) is 1. The zero-order valence-electron chi connectivity index (χ0n) is 14.0. The van der Waals surface area contributed by atoms with Crippen molar-refractivity contribution < 1.29 is 14.3 Å². The summed E-state index contributed by atoms with van der Waals surface area (Å²) in [6, 6.07) is 7.28. The summed E-state index contributed by atoms with van der Waals surface area (Å²) in [5.41, 5.74) is 0.565. The highest BCUT2D eigenvalue weighted by molar-refractivity contribution is 5.97. The molecule has 1 heterocycles. The Bertz CT molecular complexity index is 560. The van der Waals surface area contributed by atoms with E-state index >= 15 is 0 Å². The van der Waals surface area contributed by atoms with E-state index < -0.39 is 0 Å². The van der Waals surface area contributed by atoms with E-state index in [1.165, 1.54) is 0 Å². The number of para-hydroxylation sites is 1. The summed E-state index contributed by atoms with van der Waals surface area (Å²) in [6.45, 7) is 6.25. The lowest BCUT2D eigenvalue weighted by molar-refractivity contribution is 0.0759. The molecule has 0 atom stereocenters. The molecule has 0 bridgehead atoms. The van der Waals surface area contributed by atoms with E-state index in [4.69, 9.17) is 4.74 Å². The van der Waals surface area contributed by atoms with Crippen molar-refractivity contribution in [2.45, 2.75) is 26.3 Å². The number of rotatable bonds is 3. The molecule has 6 heteroatoms. The van der Waals surface area contributed by atoms with Gasteiger partial charge in [-0.05, 0) is 32.4 Å². The number of hydrogen-bond acceptors (Lipinski definition) is 3. The first-order valence-electron chi connectivity index (χ1n) is 8.00. The van der Waals surface area contributed by atoms with Crippen LogP contribution in [0, 0.1) is 0 Å². The Labute approximate surface area is 137 Å². The average molecular weight is 319 g/mol. The summed E-state index contributed by atoms with van der Waals surface area (Å²) < 4.78 is 5.27. The Morgan fingerprint density at radius 2 is 1.74 bits per heavy atom. The molecule has 1 N–H and O–H groups in total. The molecule has 0 aliphatic carbocycles. The van der Waals surface area contributed by atoms with Gasteiger partial charge in [-0.2, -0.15) is 0 Å². The molecule has 2 rings (SSSR count). The van der Waals surface area contributed by atoms with Crippen LogP contribution < -0.4 is 10.1 Å². The summed E-state index contributed by atoms with van der Waals surface area (Å²) in [7, 11) is 1.56. The number of nitrogens with one attached hydrogen (secondary N) is 1. The molecule has 1 aromatic carbocycles. The van der Waals surface area contributed by atoms with Crippen LogP contribution in [-0.4, -0.2) is 61.1 Å². The van der Waals surface area contributed by atoms with E-state index in [9.17, 15) is 9.59 Å². The van der Waals surface area contributed by atoms with E-state index in [-0.39, 0.29) is 18.0 Å². The van der Waals surface area contributed by atoms with Crippen LogP contribution in [0.2, 0.25) is 0 Å². The summed E-state index contributed by atoms with van der Waals surface area (Å²) in [6.07, 6.45) is 0.770. The molecule has 1 aliphatic heterocycles. The van der Waals surface area contributed by atoms with Gasteiger partial charge in [0, 0.05) is 32.2 Å². The highest BCUT2D eigenvalue weighted by Gasteiger charge is 2.24. The summed E-state index contributed by atoms with van der Waals surface area (Å²) in [5.74, 6) is 0.532. The van der Waals surface area contributed by atoms with Crippen molar-refractivity contribution in [3.8, 4) is 5.75 Å². The molecule has 0 radical (unpaired) electrons. The molecule has 0 unspecified atom stereocenters. The van der Waals surface area contributed by atoms with Crippen molar-refractivity contribution in [1.29, 1.82) is 0 Å². The monoisotopic (exact) mass is 319 g/mol. The maximum Gasteiger partial charge on any atom is 0.317 e. The Morgan fingerprint density at radius 1 is 1.09 bits per heavy atom. The van der Waals surface area contributed by atoms with Crippen LogP contribution in [-0.2, 0) is 0 Å². The number of carbonyl (C=O) groups is 2. The second-order valence-electron chi connectivity index (χ2n) is 5.94. The molecule has 0 aromatic heterocycles. The molecule has 126 valence electrons. The van der Waals surface area contributed by atoms with Crippen LogP contribution in [0.4, 0.5) is 4.79 Å². The Kier molecular flexibility index (Phi) is 5.84. The average Bonchev–Trinajstić information content (AvgIpc) is 2.79. The first kappa shape index (κ1) is 17.1. The SMILES string of the molecule is COc1ccccc1C(=O)N1CCCN(C(=O)NC(C)C)CC1. The molecule has 6 nitrogen and oxygen atoms in total. The highest BCUT2D eigenvalue weighted by atomic mass is 16.5. The van der Waals surface area contributed by atoms with Gasteiger partial charge in [0.25, 0.3) is 5.91 Å². The zero-order valence-corrected chi connectivity index (χ0v) is 14.0. The smallest absolute Gasteiger partial charge is 0.317 e. The highest BCUT2D eigenvalue weighted by Crippen LogP contribution is 2.20. The van der Waals surface area contributed by atoms with Crippen LogP contribution in [0.1, 0.15) is 30.6 Å². The second kappa shape index (κ2) is 7.85. The minimum atomic E-state index is -0.0633. The lowest BCUT2D eigenvalue weighted by atomic mass is 10.1. The van der Waals surface area contributed by atoms with Gasteiger partial charge in [-0.25, -0.2) is 4.79 Å². The minimum absolute atomic E-state index is 0.0476. The maximum absolute atomic E-state index is 12.7. The standard InChI is InChI=1S/C17H25N3O3/c1-13(2)18-17(22)20-10-6-9-19(11-12-20)16(21)14-7-4-5-8-15(14)23-3/h4-5,7-8,13H,6,9-12H2,1-3H3,(H,18,22). The molecule has 0 spiro atoms. The van der Waals surface area contributed by atoms with Gasteiger partial charge in [0.05, 0.1) is 12.7 Å². The fourth-order valence-electron chi connectivity index (χ4n) is 2.65. The zero-order chi connectivity index (χ0) is 16.8. The van der Waals surface area contributed by atoms with Gasteiger partial charge in [0.15, 0.2) is 0 Å². The summed E-state index contributed by atoms with van der Waals surface area (Å²) in [5, 5.41) is 2.90. The third kappa shape index (κ3) is 4.37. The van der Waals surface area contributed by atoms with Crippen LogP contribution in [0.25, 0.3) is 0 Å². The van der Waals surface area contributed by atoms with Gasteiger partial charge in [0.2, 0.25) is 0 Å². The number of benzene rings is 1. The normalized spacial score (nSPS) is 15.3. The fourth-order valence-corrected chi connectivity index (χ4v) is 2.65. The van der Waals surface area contributed by atoms with E-state index in [1.54, 1.807) is 29.0 Å². The molecule has 1 aliphatic rings. The number of urea groups is 1. The predicted octanol–water partition coefficient (Wildman–Crippen LogP) is 1.96. The second-order valence-corrected chi connectivity index (χ2v) is 5.94.